The van der Waals surface area contributed by atoms with Crippen molar-refractivity contribution < 1.29 is 0 Å². The number of rotatable bonds is 5. The second-order valence-electron chi connectivity index (χ2n) is 16.8. The van der Waals surface area contributed by atoms with E-state index in [2.05, 4.69) is 249 Å². The van der Waals surface area contributed by atoms with Crippen molar-refractivity contribution in [2.24, 2.45) is 0 Å². The lowest BCUT2D eigenvalue weighted by molar-refractivity contribution is 1.13. The fourth-order valence-corrected chi connectivity index (χ4v) is 11.0. The molecule has 0 spiro atoms. The van der Waals surface area contributed by atoms with E-state index in [4.69, 9.17) is 0 Å². The maximum absolute atomic E-state index is 2.52. The van der Waals surface area contributed by atoms with Crippen LogP contribution >= 0.6 is 0 Å². The number of fused-ring (bicyclic) bond motifs is 12. The molecule has 14 aromatic rings. The van der Waals surface area contributed by atoms with Crippen LogP contribution < -0.4 is 0 Å². The predicted molar refractivity (Wildman–Crippen MR) is 269 cm³/mol. The average molecular weight is 815 g/mol. The monoisotopic (exact) mass is 814 g/mol. The zero-order valence-electron chi connectivity index (χ0n) is 34.7. The van der Waals surface area contributed by atoms with E-state index in [0.717, 1.165) is 44.9 Å². The lowest BCUT2D eigenvalue weighted by Crippen LogP contribution is -2.06. The van der Waals surface area contributed by atoms with Gasteiger partial charge in [0.15, 0.2) is 0 Å². The highest BCUT2D eigenvalue weighted by Crippen LogP contribution is 2.50. The van der Waals surface area contributed by atoms with Crippen LogP contribution in [0, 0.1) is 0 Å². The van der Waals surface area contributed by atoms with Crippen LogP contribution in [-0.4, -0.2) is 18.3 Å². The molecule has 0 unspecified atom stereocenters. The summed E-state index contributed by atoms with van der Waals surface area (Å²) in [5.74, 6) is 0. The third-order valence-corrected chi connectivity index (χ3v) is 13.6. The van der Waals surface area contributed by atoms with Crippen LogP contribution in [0.2, 0.25) is 0 Å². The Morgan fingerprint density at radius 2 is 0.438 bits per heavy atom. The van der Waals surface area contributed by atoms with Gasteiger partial charge >= 0.3 is 0 Å². The second kappa shape index (κ2) is 13.4. The van der Waals surface area contributed by atoms with Gasteiger partial charge in [0.25, 0.3) is 0 Å². The van der Waals surface area contributed by atoms with Crippen LogP contribution in [0.5, 0.6) is 0 Å². The molecule has 0 atom stereocenters. The standard InChI is InChI=1S/C60H38N4/c1-3-19-39(20-4-1)61-49-29-13-11-27-45(49)47-35-37-55(63-51-31-15-7-23-41(51)42-24-8-16-32-52(42)63)57(59(47)61)58-56(64-53-33-17-9-25-43(53)44-26-10-18-34-54(44)64)38-36-48-46-28-12-14-30-50(46)62(60(48)58)40-21-5-2-6-22-40/h1-38H. The van der Waals surface area contributed by atoms with E-state index in [1.54, 1.807) is 0 Å². The summed E-state index contributed by atoms with van der Waals surface area (Å²) < 4.78 is 10.1. The first-order valence-corrected chi connectivity index (χ1v) is 22.0. The molecular formula is C60H38N4. The van der Waals surface area contributed by atoms with E-state index in [0.29, 0.717) is 0 Å². The molecule has 4 heteroatoms. The van der Waals surface area contributed by atoms with Gasteiger partial charge in [-0.25, -0.2) is 0 Å². The molecular weight excluding hydrogens is 777 g/mol. The summed E-state index contributed by atoms with van der Waals surface area (Å²) >= 11 is 0. The maximum Gasteiger partial charge on any atom is 0.0642 e. The van der Waals surface area contributed by atoms with Gasteiger partial charge < -0.3 is 18.3 Å². The molecule has 0 saturated heterocycles. The summed E-state index contributed by atoms with van der Waals surface area (Å²) in [4.78, 5) is 0. The summed E-state index contributed by atoms with van der Waals surface area (Å²) in [6.45, 7) is 0. The average Bonchev–Trinajstić information content (AvgIpc) is 4.09. The van der Waals surface area contributed by atoms with E-state index in [1.807, 2.05) is 0 Å². The molecule has 298 valence electrons. The van der Waals surface area contributed by atoms with Gasteiger partial charge in [-0.2, -0.15) is 0 Å². The zero-order chi connectivity index (χ0) is 41.9. The van der Waals surface area contributed by atoms with E-state index in [9.17, 15) is 0 Å². The van der Waals surface area contributed by atoms with Gasteiger partial charge in [0.1, 0.15) is 0 Å². The molecule has 4 aromatic heterocycles. The maximum atomic E-state index is 2.52. The van der Waals surface area contributed by atoms with Gasteiger partial charge in [0.2, 0.25) is 0 Å². The normalized spacial score (nSPS) is 12.1. The Balaban J connectivity index is 1.31. The fourth-order valence-electron chi connectivity index (χ4n) is 11.0. The number of benzene rings is 10. The van der Waals surface area contributed by atoms with Crippen molar-refractivity contribution in [2.75, 3.05) is 0 Å². The van der Waals surface area contributed by atoms with E-state index in [-0.39, 0.29) is 0 Å². The molecule has 4 nitrogen and oxygen atoms in total. The lowest BCUT2D eigenvalue weighted by Gasteiger charge is -2.23. The minimum atomic E-state index is 1.11. The Bertz CT molecular complexity index is 3800. The van der Waals surface area contributed by atoms with Crippen LogP contribution in [0.25, 0.3) is 121 Å². The number of aromatic nitrogens is 4. The van der Waals surface area contributed by atoms with E-state index < -0.39 is 0 Å². The van der Waals surface area contributed by atoms with Gasteiger partial charge in [0, 0.05) is 65.6 Å². The molecule has 0 N–H and O–H groups in total. The number of nitrogens with zero attached hydrogens (tertiary/aromatic N) is 4. The molecule has 64 heavy (non-hydrogen) atoms. The highest BCUT2D eigenvalue weighted by molar-refractivity contribution is 6.23. The topological polar surface area (TPSA) is 19.7 Å². The molecule has 14 rings (SSSR count). The Morgan fingerprint density at radius 1 is 0.188 bits per heavy atom. The molecule has 0 aliphatic carbocycles. The first kappa shape index (κ1) is 35.0. The summed E-state index contributed by atoms with van der Waals surface area (Å²) in [5, 5.41) is 9.74. The highest BCUT2D eigenvalue weighted by atomic mass is 15.0. The Hall–Kier alpha value is -8.60. The zero-order valence-corrected chi connectivity index (χ0v) is 34.7. The third-order valence-electron chi connectivity index (χ3n) is 13.6. The van der Waals surface area contributed by atoms with Gasteiger partial charge in [-0.05, 0) is 72.8 Å². The molecule has 0 saturated carbocycles. The predicted octanol–water partition coefficient (Wildman–Crippen LogP) is 15.7. The minimum Gasteiger partial charge on any atom is -0.309 e. The number of hydrogen-bond donors (Lipinski definition) is 0. The first-order valence-electron chi connectivity index (χ1n) is 22.0. The van der Waals surface area contributed by atoms with Crippen molar-refractivity contribution in [3.8, 4) is 33.9 Å². The minimum absolute atomic E-state index is 1.11. The number of para-hydroxylation sites is 8. The molecule has 10 aromatic carbocycles. The largest absolute Gasteiger partial charge is 0.309 e. The smallest absolute Gasteiger partial charge is 0.0642 e. The summed E-state index contributed by atoms with van der Waals surface area (Å²) in [6, 6.07) is 84.8. The van der Waals surface area contributed by atoms with E-state index >= 15 is 0 Å². The summed E-state index contributed by atoms with van der Waals surface area (Å²) in [5.41, 5.74) is 16.1. The molecule has 0 aliphatic heterocycles. The summed E-state index contributed by atoms with van der Waals surface area (Å²) in [7, 11) is 0. The summed E-state index contributed by atoms with van der Waals surface area (Å²) in [6.07, 6.45) is 0. The van der Waals surface area contributed by atoms with Gasteiger partial charge in [0.05, 0.1) is 55.5 Å². The quantitative estimate of drug-likeness (QED) is 0.165. The van der Waals surface area contributed by atoms with Crippen molar-refractivity contribution in [3.63, 3.8) is 0 Å². The van der Waals surface area contributed by atoms with Crippen molar-refractivity contribution in [2.45, 2.75) is 0 Å². The van der Waals surface area contributed by atoms with Gasteiger partial charge in [-0.15, -0.1) is 0 Å². The Kier molecular flexibility index (Phi) is 7.36. The molecule has 0 radical (unpaired) electrons. The molecule has 0 bridgehead atoms. The van der Waals surface area contributed by atoms with Crippen molar-refractivity contribution in [1.82, 2.24) is 18.3 Å². The SMILES string of the molecule is c1ccc(-n2c3ccccc3c3ccc(-n4c5ccccc5c5ccccc54)c(-c4c(-n5c6ccccc6c6ccccc65)ccc5c6ccccc6n(-c6ccccc6)c45)c32)cc1. The van der Waals surface area contributed by atoms with Crippen LogP contribution in [0.1, 0.15) is 0 Å². The van der Waals surface area contributed by atoms with E-state index in [1.165, 1.54) is 76.2 Å². The number of hydrogen-bond acceptors (Lipinski definition) is 0. The van der Waals surface area contributed by atoms with Crippen LogP contribution in [-0.2, 0) is 0 Å². The first-order chi connectivity index (χ1) is 31.8. The second-order valence-corrected chi connectivity index (χ2v) is 16.8. The van der Waals surface area contributed by atoms with Crippen molar-refractivity contribution in [1.29, 1.82) is 0 Å². The van der Waals surface area contributed by atoms with Crippen LogP contribution in [0.4, 0.5) is 0 Å². The highest BCUT2D eigenvalue weighted by Gasteiger charge is 2.29. The molecule has 0 amide bonds. The van der Waals surface area contributed by atoms with Gasteiger partial charge in [-0.1, -0.05) is 158 Å². The third kappa shape index (κ3) is 4.77. The van der Waals surface area contributed by atoms with Crippen LogP contribution in [0.3, 0.4) is 0 Å². The van der Waals surface area contributed by atoms with Crippen LogP contribution in [0.15, 0.2) is 231 Å². The lowest BCUT2D eigenvalue weighted by atomic mass is 9.94. The molecule has 4 heterocycles. The fraction of sp³-hybridized carbons (Fsp3) is 0. The molecule has 0 fully saturated rings. The molecule has 0 aliphatic rings. The Labute approximate surface area is 368 Å². The van der Waals surface area contributed by atoms with Gasteiger partial charge in [-0.3, -0.25) is 0 Å². The van der Waals surface area contributed by atoms with Crippen molar-refractivity contribution >= 4 is 87.2 Å². The Morgan fingerprint density at radius 3 is 0.750 bits per heavy atom. The van der Waals surface area contributed by atoms with Crippen molar-refractivity contribution in [3.05, 3.63) is 231 Å².